The van der Waals surface area contributed by atoms with Crippen molar-refractivity contribution in [3.8, 4) is 0 Å². The van der Waals surface area contributed by atoms with Gasteiger partial charge in [-0.3, -0.25) is 4.79 Å². The Labute approximate surface area is 172 Å². The summed E-state index contributed by atoms with van der Waals surface area (Å²) in [6, 6.07) is 6.25. The number of benzene rings is 1. The maximum atomic E-state index is 12.7. The molecule has 3 aliphatic heterocycles. The number of amidine groups is 1. The van der Waals surface area contributed by atoms with Crippen LogP contribution in [-0.2, 0) is 19.0 Å². The minimum atomic E-state index is -0.921. The van der Waals surface area contributed by atoms with E-state index in [0.29, 0.717) is 12.8 Å². The summed E-state index contributed by atoms with van der Waals surface area (Å²) in [5.41, 5.74) is 5.85. The lowest BCUT2D eigenvalue weighted by Crippen LogP contribution is -2.43. The number of aliphatic imine (C=N–C) groups is 1. The summed E-state index contributed by atoms with van der Waals surface area (Å²) < 4.78 is 17.1. The predicted octanol–water partition coefficient (Wildman–Crippen LogP) is 0.751. The van der Waals surface area contributed by atoms with E-state index in [2.05, 4.69) is 4.99 Å². The number of hydrogen-bond donors (Lipinski definition) is 2. The first-order valence-electron chi connectivity index (χ1n) is 9.78. The maximum Gasteiger partial charge on any atom is 0.339 e. The summed E-state index contributed by atoms with van der Waals surface area (Å²) in [4.78, 5) is 40.8. The minimum absolute atomic E-state index is 0.106. The molecule has 4 rings (SSSR count). The lowest BCUT2D eigenvalue weighted by atomic mass is 9.94. The summed E-state index contributed by atoms with van der Waals surface area (Å²) in [6.45, 7) is -0.393. The van der Waals surface area contributed by atoms with Crippen LogP contribution in [0.1, 0.15) is 40.0 Å². The molecular formula is C21H22N2O7. The quantitative estimate of drug-likeness (QED) is 0.689. The lowest BCUT2D eigenvalue weighted by Gasteiger charge is -2.27. The fourth-order valence-corrected chi connectivity index (χ4v) is 4.01. The van der Waals surface area contributed by atoms with Gasteiger partial charge in [-0.15, -0.1) is 0 Å². The summed E-state index contributed by atoms with van der Waals surface area (Å²) in [5, 5.41) is 9.71. The second-order valence-corrected chi connectivity index (χ2v) is 7.51. The van der Waals surface area contributed by atoms with E-state index in [9.17, 15) is 19.5 Å². The van der Waals surface area contributed by atoms with Gasteiger partial charge in [0.15, 0.2) is 12.2 Å². The Bertz CT molecular complexity index is 926. The molecule has 0 radical (unpaired) electrons. The molecule has 0 aliphatic carbocycles. The number of amides is 1. The molecule has 5 atom stereocenters. The molecule has 30 heavy (non-hydrogen) atoms. The average Bonchev–Trinajstić information content (AvgIpc) is 2.94. The van der Waals surface area contributed by atoms with Crippen LogP contribution in [0.25, 0.3) is 0 Å². The monoisotopic (exact) mass is 414 g/mol. The SMILES string of the molecule is NC1=NC(=O)CC(CC[C@@H]2O[C@H](CO)[C@H]3OC(=O)c4ccccc4C(=O)O[C@H]32)C=C1. The molecule has 3 aliphatic rings. The third-order valence-corrected chi connectivity index (χ3v) is 5.49. The van der Waals surface area contributed by atoms with E-state index in [4.69, 9.17) is 19.9 Å². The first-order valence-corrected chi connectivity index (χ1v) is 9.78. The molecule has 0 bridgehead atoms. The highest BCUT2D eigenvalue weighted by molar-refractivity contribution is 6.03. The van der Waals surface area contributed by atoms with Crippen molar-refractivity contribution in [3.63, 3.8) is 0 Å². The molecule has 1 amide bonds. The standard InChI is InChI=1S/C21H22N2O7/c22-16-8-6-11(9-17(25)23-16)5-7-14-18-19(15(10-24)28-14)30-21(27)13-4-2-1-3-12(13)20(26)29-18/h1-4,6,8,11,14-15,18-19,24H,5,7,9-10H2,(H2,22,23,25)/t11?,14-,15+,18-,19+/m0/s1. The van der Waals surface area contributed by atoms with E-state index >= 15 is 0 Å². The van der Waals surface area contributed by atoms with Gasteiger partial charge in [0.25, 0.3) is 0 Å². The number of carbonyl (C=O) groups is 3. The topological polar surface area (TPSA) is 138 Å². The molecule has 158 valence electrons. The zero-order chi connectivity index (χ0) is 21.3. The number of ether oxygens (including phenoxy) is 3. The molecule has 0 spiro atoms. The van der Waals surface area contributed by atoms with Crippen molar-refractivity contribution in [1.82, 2.24) is 0 Å². The molecule has 0 aromatic heterocycles. The minimum Gasteiger partial charge on any atom is -0.452 e. The fourth-order valence-electron chi connectivity index (χ4n) is 4.01. The van der Waals surface area contributed by atoms with Crippen LogP contribution in [0.15, 0.2) is 41.4 Å². The molecule has 9 nitrogen and oxygen atoms in total. The molecule has 9 heteroatoms. The van der Waals surface area contributed by atoms with Crippen molar-refractivity contribution in [2.24, 2.45) is 16.6 Å². The second-order valence-electron chi connectivity index (χ2n) is 7.51. The Hall–Kier alpha value is -3.04. The van der Waals surface area contributed by atoms with Gasteiger partial charge in [0.1, 0.15) is 11.9 Å². The van der Waals surface area contributed by atoms with E-state index in [-0.39, 0.29) is 35.2 Å². The van der Waals surface area contributed by atoms with Gasteiger partial charge in [-0.25, -0.2) is 9.59 Å². The van der Waals surface area contributed by atoms with Crippen molar-refractivity contribution < 1.29 is 33.7 Å². The van der Waals surface area contributed by atoms with Gasteiger partial charge in [-0.05, 0) is 37.0 Å². The number of rotatable bonds is 4. The van der Waals surface area contributed by atoms with E-state index in [1.807, 2.05) is 6.08 Å². The smallest absolute Gasteiger partial charge is 0.339 e. The number of nitrogens with two attached hydrogens (primary N) is 1. The summed E-state index contributed by atoms with van der Waals surface area (Å²) in [6.07, 6.45) is 1.40. The molecular weight excluding hydrogens is 392 g/mol. The van der Waals surface area contributed by atoms with Crippen molar-refractivity contribution >= 4 is 23.7 Å². The van der Waals surface area contributed by atoms with Crippen LogP contribution in [0.4, 0.5) is 0 Å². The largest absolute Gasteiger partial charge is 0.452 e. The van der Waals surface area contributed by atoms with Gasteiger partial charge < -0.3 is 25.1 Å². The van der Waals surface area contributed by atoms with Crippen molar-refractivity contribution in [2.45, 2.75) is 43.7 Å². The molecule has 1 fully saturated rings. The summed E-state index contributed by atoms with van der Waals surface area (Å²) >= 11 is 0. The van der Waals surface area contributed by atoms with Gasteiger partial charge in [0.05, 0.1) is 23.8 Å². The van der Waals surface area contributed by atoms with Crippen LogP contribution in [0, 0.1) is 5.92 Å². The zero-order valence-electron chi connectivity index (χ0n) is 16.1. The molecule has 3 heterocycles. The molecule has 0 saturated carbocycles. The first-order chi connectivity index (χ1) is 14.5. The van der Waals surface area contributed by atoms with Crippen LogP contribution >= 0.6 is 0 Å². The Morgan fingerprint density at radius 3 is 2.27 bits per heavy atom. The number of aliphatic hydroxyl groups excluding tert-OH is 1. The average molecular weight is 414 g/mol. The Kier molecular flexibility index (Phi) is 5.65. The fraction of sp³-hybridized carbons (Fsp3) is 0.429. The highest BCUT2D eigenvalue weighted by Gasteiger charge is 2.50. The van der Waals surface area contributed by atoms with E-state index in [1.165, 1.54) is 12.1 Å². The zero-order valence-corrected chi connectivity index (χ0v) is 16.1. The Morgan fingerprint density at radius 2 is 1.63 bits per heavy atom. The summed E-state index contributed by atoms with van der Waals surface area (Å²) in [5.74, 6) is -1.55. The van der Waals surface area contributed by atoms with Crippen LogP contribution in [-0.4, -0.2) is 59.8 Å². The Morgan fingerprint density at radius 1 is 1.00 bits per heavy atom. The molecule has 3 N–H and O–H groups in total. The van der Waals surface area contributed by atoms with Gasteiger partial charge in [0, 0.05) is 6.42 Å². The molecule has 1 aromatic carbocycles. The van der Waals surface area contributed by atoms with Crippen LogP contribution < -0.4 is 5.73 Å². The van der Waals surface area contributed by atoms with Crippen molar-refractivity contribution in [1.29, 1.82) is 0 Å². The number of fused-ring (bicyclic) bond motifs is 2. The Balaban J connectivity index is 1.52. The maximum absolute atomic E-state index is 12.7. The number of hydrogen-bond acceptors (Lipinski definition) is 8. The van der Waals surface area contributed by atoms with Crippen molar-refractivity contribution in [3.05, 3.63) is 47.5 Å². The number of carbonyl (C=O) groups excluding carboxylic acids is 3. The first kappa shape index (κ1) is 20.2. The predicted molar refractivity (Wildman–Crippen MR) is 104 cm³/mol. The number of aliphatic hydroxyl groups is 1. The third kappa shape index (κ3) is 3.99. The van der Waals surface area contributed by atoms with Gasteiger partial charge >= 0.3 is 11.9 Å². The normalized spacial score (nSPS) is 30.9. The molecule has 1 aromatic rings. The van der Waals surface area contributed by atoms with E-state index in [1.54, 1.807) is 18.2 Å². The van der Waals surface area contributed by atoms with Crippen LogP contribution in [0.2, 0.25) is 0 Å². The van der Waals surface area contributed by atoms with Crippen LogP contribution in [0.3, 0.4) is 0 Å². The van der Waals surface area contributed by atoms with Gasteiger partial charge in [-0.1, -0.05) is 18.2 Å². The third-order valence-electron chi connectivity index (χ3n) is 5.49. The van der Waals surface area contributed by atoms with Crippen molar-refractivity contribution in [2.75, 3.05) is 6.61 Å². The van der Waals surface area contributed by atoms with Gasteiger partial charge in [0.2, 0.25) is 5.91 Å². The highest BCUT2D eigenvalue weighted by atomic mass is 16.6. The number of nitrogens with zero attached hydrogens (tertiary/aromatic N) is 1. The van der Waals surface area contributed by atoms with Gasteiger partial charge in [-0.2, -0.15) is 4.99 Å². The summed E-state index contributed by atoms with van der Waals surface area (Å²) in [7, 11) is 0. The molecule has 1 unspecified atom stereocenters. The number of allylic oxidation sites excluding steroid dienone is 1. The van der Waals surface area contributed by atoms with Crippen LogP contribution in [0.5, 0.6) is 0 Å². The lowest BCUT2D eigenvalue weighted by molar-refractivity contribution is -0.118. The van der Waals surface area contributed by atoms with E-state index in [0.717, 1.165) is 0 Å². The van der Waals surface area contributed by atoms with E-state index < -0.39 is 43.0 Å². The second kappa shape index (κ2) is 8.37. The number of esters is 2. The molecule has 1 saturated heterocycles. The highest BCUT2D eigenvalue weighted by Crippen LogP contribution is 2.34.